The van der Waals surface area contributed by atoms with Crippen LogP contribution in [0.3, 0.4) is 0 Å². The zero-order valence-corrected chi connectivity index (χ0v) is 23.2. The Bertz CT molecular complexity index is 1470. The van der Waals surface area contributed by atoms with Gasteiger partial charge in [0, 0.05) is 24.3 Å². The van der Waals surface area contributed by atoms with Crippen molar-refractivity contribution in [2.45, 2.75) is 65.5 Å². The number of aromatic amines is 1. The average molecular weight is 550 g/mol. The van der Waals surface area contributed by atoms with Gasteiger partial charge in [0.1, 0.15) is 23.3 Å². The van der Waals surface area contributed by atoms with Crippen molar-refractivity contribution in [3.05, 3.63) is 29.7 Å². The number of piperidine rings is 1. The van der Waals surface area contributed by atoms with Crippen LogP contribution < -0.4 is 19.5 Å². The number of nitrogens with zero attached hydrogens (tertiary/aromatic N) is 3. The lowest BCUT2D eigenvalue weighted by Gasteiger charge is -2.44. The molecule has 1 saturated carbocycles. The van der Waals surface area contributed by atoms with Crippen LogP contribution in [0.25, 0.3) is 22.3 Å². The van der Waals surface area contributed by atoms with Crippen LogP contribution in [-0.2, 0) is 0 Å². The lowest BCUT2D eigenvalue weighted by Crippen LogP contribution is -2.56. The van der Waals surface area contributed by atoms with E-state index in [4.69, 9.17) is 14.2 Å². The number of hydrogen-bond donors (Lipinski definition) is 3. The van der Waals surface area contributed by atoms with Gasteiger partial charge in [0.2, 0.25) is 6.79 Å². The van der Waals surface area contributed by atoms with Crippen molar-refractivity contribution in [1.82, 2.24) is 25.2 Å². The fourth-order valence-corrected chi connectivity index (χ4v) is 5.78. The van der Waals surface area contributed by atoms with Crippen LogP contribution in [0.1, 0.15) is 62.5 Å². The Morgan fingerprint density at radius 3 is 2.73 bits per heavy atom. The number of carbonyl (C=O) groups excluding carboxylic acids is 1. The highest BCUT2D eigenvalue weighted by atomic mass is 16.7. The highest BCUT2D eigenvalue weighted by Crippen LogP contribution is 2.48. The van der Waals surface area contributed by atoms with Crippen LogP contribution >= 0.6 is 0 Å². The van der Waals surface area contributed by atoms with E-state index in [2.05, 4.69) is 20.3 Å². The molecule has 2 amide bonds. The first-order valence-corrected chi connectivity index (χ1v) is 13.8. The molecule has 4 heterocycles. The monoisotopic (exact) mass is 549 g/mol. The van der Waals surface area contributed by atoms with Gasteiger partial charge in [0.25, 0.3) is 5.91 Å². The number of carboxylic acid groups (broad SMARTS) is 1. The summed E-state index contributed by atoms with van der Waals surface area (Å²) in [7, 11) is 0. The molecule has 11 nitrogen and oxygen atoms in total. The van der Waals surface area contributed by atoms with Gasteiger partial charge in [-0.15, -0.1) is 0 Å². The fraction of sp³-hybridized carbons (Fsp3) is 0.517. The van der Waals surface area contributed by atoms with Gasteiger partial charge >= 0.3 is 6.09 Å². The number of nitrogens with one attached hydrogen (secondary N) is 2. The number of H-pyrrole nitrogens is 1. The number of aromatic nitrogens is 3. The Balaban J connectivity index is 1.32. The summed E-state index contributed by atoms with van der Waals surface area (Å²) in [4.78, 5) is 39.4. The molecule has 1 aliphatic carbocycles. The van der Waals surface area contributed by atoms with E-state index in [0.29, 0.717) is 82.7 Å². The molecule has 212 valence electrons. The number of fused-ring (bicyclic) bond motifs is 2. The zero-order valence-electron chi connectivity index (χ0n) is 23.2. The molecule has 0 spiro atoms. The SMILES string of the molecule is Cc1[nH]c2c(-c3c(OCC4CC4)ccc4c3OCO4)ncnc2c1C(=O)NC1CCN(C(=O)O)C(C(C)(C)C)C1. The third kappa shape index (κ3) is 4.77. The number of carbonyl (C=O) groups is 2. The van der Waals surface area contributed by atoms with Gasteiger partial charge in [0.15, 0.2) is 11.5 Å². The second kappa shape index (κ2) is 9.87. The summed E-state index contributed by atoms with van der Waals surface area (Å²) in [5.41, 5.74) is 3.19. The van der Waals surface area contributed by atoms with E-state index in [-0.39, 0.29) is 30.2 Å². The molecule has 2 atom stereocenters. The van der Waals surface area contributed by atoms with E-state index in [9.17, 15) is 14.7 Å². The molecule has 0 radical (unpaired) electrons. The largest absolute Gasteiger partial charge is 0.492 e. The van der Waals surface area contributed by atoms with Crippen molar-refractivity contribution >= 4 is 23.0 Å². The Kier molecular flexibility index (Phi) is 6.47. The summed E-state index contributed by atoms with van der Waals surface area (Å²) in [6.07, 6.45) is 3.93. The van der Waals surface area contributed by atoms with Crippen molar-refractivity contribution in [1.29, 1.82) is 0 Å². The normalized spacial score (nSPS) is 20.6. The van der Waals surface area contributed by atoms with Crippen molar-refractivity contribution < 1.29 is 28.9 Å². The fourth-order valence-electron chi connectivity index (χ4n) is 5.78. The Morgan fingerprint density at radius 2 is 2.00 bits per heavy atom. The first kappa shape index (κ1) is 26.2. The van der Waals surface area contributed by atoms with Crippen LogP contribution in [0.15, 0.2) is 18.5 Å². The van der Waals surface area contributed by atoms with Gasteiger partial charge in [-0.3, -0.25) is 4.79 Å². The average Bonchev–Trinajstić information content (AvgIpc) is 3.49. The highest BCUT2D eigenvalue weighted by Gasteiger charge is 2.39. The smallest absolute Gasteiger partial charge is 0.407 e. The molecule has 0 bridgehead atoms. The van der Waals surface area contributed by atoms with Gasteiger partial charge in [-0.2, -0.15) is 0 Å². The van der Waals surface area contributed by atoms with Crippen molar-refractivity contribution in [3.63, 3.8) is 0 Å². The summed E-state index contributed by atoms with van der Waals surface area (Å²) in [5, 5.41) is 12.9. The molecule has 3 N–H and O–H groups in total. The van der Waals surface area contributed by atoms with Gasteiger partial charge in [-0.1, -0.05) is 20.8 Å². The predicted molar refractivity (Wildman–Crippen MR) is 147 cm³/mol. The van der Waals surface area contributed by atoms with Gasteiger partial charge in [-0.05, 0) is 56.1 Å². The first-order chi connectivity index (χ1) is 19.1. The van der Waals surface area contributed by atoms with Crippen molar-refractivity contribution in [3.8, 4) is 28.5 Å². The zero-order chi connectivity index (χ0) is 28.2. The molecule has 2 unspecified atom stereocenters. The van der Waals surface area contributed by atoms with Crippen LogP contribution in [0.2, 0.25) is 0 Å². The lowest BCUT2D eigenvalue weighted by molar-refractivity contribution is 0.0470. The number of benzene rings is 1. The Labute approximate surface area is 232 Å². The quantitative estimate of drug-likeness (QED) is 0.401. The molecule has 1 saturated heterocycles. The van der Waals surface area contributed by atoms with Crippen LogP contribution in [0.4, 0.5) is 4.79 Å². The molecular formula is C29H35N5O6. The van der Waals surface area contributed by atoms with Crippen molar-refractivity contribution in [2.24, 2.45) is 11.3 Å². The molecular weight excluding hydrogens is 514 g/mol. The molecule has 1 aromatic carbocycles. The molecule has 3 aromatic rings. The van der Waals surface area contributed by atoms with E-state index in [1.807, 2.05) is 39.8 Å². The minimum atomic E-state index is -0.927. The van der Waals surface area contributed by atoms with Crippen LogP contribution in [0.5, 0.6) is 17.2 Å². The minimum Gasteiger partial charge on any atom is -0.492 e. The molecule has 2 fully saturated rings. The summed E-state index contributed by atoms with van der Waals surface area (Å²) >= 11 is 0. The Hall–Kier alpha value is -4.02. The number of hydrogen-bond acceptors (Lipinski definition) is 7. The van der Waals surface area contributed by atoms with E-state index < -0.39 is 6.09 Å². The molecule has 11 heteroatoms. The summed E-state index contributed by atoms with van der Waals surface area (Å²) in [5.74, 6) is 2.13. The third-order valence-electron chi connectivity index (χ3n) is 8.09. The van der Waals surface area contributed by atoms with E-state index in [0.717, 1.165) is 12.8 Å². The van der Waals surface area contributed by atoms with Gasteiger partial charge < -0.3 is 34.5 Å². The van der Waals surface area contributed by atoms with Crippen LogP contribution in [-0.4, -0.2) is 69.0 Å². The van der Waals surface area contributed by atoms with Gasteiger partial charge in [0.05, 0.1) is 23.3 Å². The first-order valence-electron chi connectivity index (χ1n) is 13.8. The molecule has 3 aliphatic rings. The second-order valence-corrected chi connectivity index (χ2v) is 12.1. The van der Waals surface area contributed by atoms with E-state index in [1.54, 1.807) is 0 Å². The second-order valence-electron chi connectivity index (χ2n) is 12.1. The number of rotatable bonds is 6. The standard InChI is InChI=1S/C29H35N5O6/c1-15-21(27(35)33-17-9-10-34(28(36)37)20(11-17)29(2,3)4)23-25(32-15)24(31-13-30-23)22-18(38-12-16-5-6-16)7-8-19-26(22)40-14-39-19/h7-8,13,16-17,20,32H,5-6,9-12,14H2,1-4H3,(H,33,35)(H,36,37). The topological polar surface area (TPSA) is 139 Å². The summed E-state index contributed by atoms with van der Waals surface area (Å²) < 4.78 is 17.7. The molecule has 2 aliphatic heterocycles. The Morgan fingerprint density at radius 1 is 1.20 bits per heavy atom. The maximum Gasteiger partial charge on any atom is 0.407 e. The summed E-state index contributed by atoms with van der Waals surface area (Å²) in [6, 6.07) is 3.34. The number of amides is 2. The van der Waals surface area contributed by atoms with Gasteiger partial charge in [-0.25, -0.2) is 14.8 Å². The minimum absolute atomic E-state index is 0.107. The molecule has 40 heavy (non-hydrogen) atoms. The van der Waals surface area contributed by atoms with Crippen molar-refractivity contribution in [2.75, 3.05) is 19.9 Å². The third-order valence-corrected chi connectivity index (χ3v) is 8.09. The lowest BCUT2D eigenvalue weighted by atomic mass is 9.79. The van der Waals surface area contributed by atoms with E-state index >= 15 is 0 Å². The maximum absolute atomic E-state index is 13.7. The highest BCUT2D eigenvalue weighted by molar-refractivity contribution is 6.09. The molecule has 6 rings (SSSR count). The maximum atomic E-state index is 13.7. The number of likely N-dealkylation sites (tertiary alicyclic amines) is 1. The molecule has 2 aromatic heterocycles. The summed E-state index contributed by atoms with van der Waals surface area (Å²) in [6.45, 7) is 9.01. The predicted octanol–water partition coefficient (Wildman–Crippen LogP) is 4.74. The van der Waals surface area contributed by atoms with E-state index in [1.165, 1.54) is 11.2 Å². The number of ether oxygens (including phenoxy) is 3. The number of aryl methyl sites for hydroxylation is 1. The van der Waals surface area contributed by atoms with Crippen LogP contribution in [0, 0.1) is 18.3 Å².